The van der Waals surface area contributed by atoms with E-state index in [9.17, 15) is 19.2 Å². The van der Waals surface area contributed by atoms with Crippen LogP contribution in [0, 0.1) is 11.8 Å². The Kier molecular flexibility index (Phi) is 26.7. The van der Waals surface area contributed by atoms with Crippen molar-refractivity contribution in [2.45, 2.75) is 147 Å². The van der Waals surface area contributed by atoms with Gasteiger partial charge in [0.2, 0.25) is 0 Å². The predicted molar refractivity (Wildman–Crippen MR) is 230 cm³/mol. The third kappa shape index (κ3) is 19.9. The molecule has 0 spiro atoms. The van der Waals surface area contributed by atoms with E-state index < -0.39 is 17.6 Å². The fourth-order valence-corrected chi connectivity index (χ4v) is 11.5. The molecule has 4 amide bonds. The first-order valence-corrected chi connectivity index (χ1v) is 26.0. The van der Waals surface area contributed by atoms with Crippen LogP contribution in [0.1, 0.15) is 123 Å². The van der Waals surface area contributed by atoms with Crippen LogP contribution in [-0.2, 0) is 45.6 Å². The molecule has 2 N–H and O–H groups in total. The van der Waals surface area contributed by atoms with E-state index >= 15 is 0 Å². The van der Waals surface area contributed by atoms with E-state index in [2.05, 4.69) is 10.6 Å². The minimum atomic E-state index is -2.79. The van der Waals surface area contributed by atoms with E-state index in [1.807, 2.05) is 13.8 Å². The lowest BCUT2D eigenvalue weighted by Gasteiger charge is -2.36. The van der Waals surface area contributed by atoms with Crippen LogP contribution >= 0.6 is 0 Å². The van der Waals surface area contributed by atoms with E-state index in [4.69, 9.17) is 36.0 Å². The number of nitrogens with zero attached hydrogens (tertiary/aromatic N) is 2. The number of amides is 4. The molecule has 59 heavy (non-hydrogen) atoms. The number of unbranched alkanes of at least 4 members (excludes halogenated alkanes) is 2. The SMILES string of the molecule is CCCCOC(=O)CCN(CCC[Si](OC)(OC)OC)C(=O)NC1CCC(CC2CCC(NC(=O)N(CCC[Si](OC)(OC)OC)CCC(=O)OCCCC)CC2)CC1. The molecule has 2 saturated carbocycles. The number of carbonyl (C=O) groups excluding carboxylic acids is 4. The second kappa shape index (κ2) is 29.8. The summed E-state index contributed by atoms with van der Waals surface area (Å²) >= 11 is 0. The van der Waals surface area contributed by atoms with E-state index in [0.717, 1.165) is 83.5 Å². The number of rotatable bonds is 30. The summed E-state index contributed by atoms with van der Waals surface area (Å²) in [6.45, 7) is 6.34. The Morgan fingerprint density at radius 1 is 0.508 bits per heavy atom. The van der Waals surface area contributed by atoms with Crippen LogP contribution < -0.4 is 10.6 Å². The molecule has 344 valence electrons. The van der Waals surface area contributed by atoms with Crippen LogP contribution in [0.25, 0.3) is 0 Å². The smallest absolute Gasteiger partial charge is 0.466 e. The zero-order valence-electron chi connectivity index (χ0n) is 37.8. The molecule has 0 radical (unpaired) electrons. The van der Waals surface area contributed by atoms with Crippen molar-refractivity contribution in [2.75, 3.05) is 82.1 Å². The van der Waals surface area contributed by atoms with Gasteiger partial charge < -0.3 is 56.5 Å². The number of carbonyl (C=O) groups is 4. The van der Waals surface area contributed by atoms with Crippen molar-refractivity contribution in [3.05, 3.63) is 0 Å². The van der Waals surface area contributed by atoms with E-state index in [0.29, 0.717) is 63.1 Å². The lowest BCUT2D eigenvalue weighted by atomic mass is 9.75. The Morgan fingerprint density at radius 2 is 0.847 bits per heavy atom. The van der Waals surface area contributed by atoms with Gasteiger partial charge in [-0.3, -0.25) is 9.59 Å². The number of ether oxygens (including phenoxy) is 2. The van der Waals surface area contributed by atoms with Crippen LogP contribution in [0.4, 0.5) is 9.59 Å². The first kappa shape index (κ1) is 52.8. The molecule has 0 heterocycles. The summed E-state index contributed by atoms with van der Waals surface area (Å²) in [5, 5.41) is 6.53. The van der Waals surface area contributed by atoms with Gasteiger partial charge in [-0.25, -0.2) is 9.59 Å². The minimum Gasteiger partial charge on any atom is -0.466 e. The zero-order chi connectivity index (χ0) is 43.5. The average molecular weight is 877 g/mol. The van der Waals surface area contributed by atoms with Crippen LogP contribution in [0.2, 0.25) is 12.1 Å². The Hall–Kier alpha value is -2.33. The fourth-order valence-electron chi connectivity index (χ4n) is 8.06. The van der Waals surface area contributed by atoms with Gasteiger partial charge in [-0.2, -0.15) is 0 Å². The molecule has 2 aliphatic carbocycles. The van der Waals surface area contributed by atoms with Gasteiger partial charge in [0.05, 0.1) is 26.1 Å². The average Bonchev–Trinajstić information content (AvgIpc) is 3.25. The van der Waals surface area contributed by atoms with Gasteiger partial charge in [0.15, 0.2) is 0 Å². The van der Waals surface area contributed by atoms with Crippen LogP contribution in [0.5, 0.6) is 0 Å². The molecule has 16 nitrogen and oxygen atoms in total. The highest BCUT2D eigenvalue weighted by Crippen LogP contribution is 2.35. The number of hydrogen-bond donors (Lipinski definition) is 2. The van der Waals surface area contributed by atoms with Gasteiger partial charge in [0, 0.05) is 93.0 Å². The van der Waals surface area contributed by atoms with E-state index in [1.165, 1.54) is 0 Å². The van der Waals surface area contributed by atoms with E-state index in [-0.39, 0.29) is 62.0 Å². The highest BCUT2D eigenvalue weighted by atomic mass is 28.4. The van der Waals surface area contributed by atoms with Gasteiger partial charge in [-0.05, 0) is 95.3 Å². The molecule has 2 aliphatic rings. The molecule has 2 rings (SSSR count). The Morgan fingerprint density at radius 3 is 1.15 bits per heavy atom. The molecule has 0 aliphatic heterocycles. The maximum absolute atomic E-state index is 13.6. The van der Waals surface area contributed by atoms with Crippen molar-refractivity contribution < 1.29 is 55.2 Å². The minimum absolute atomic E-state index is 0.0903. The lowest BCUT2D eigenvalue weighted by Crippen LogP contribution is -2.48. The molecule has 18 heteroatoms. The van der Waals surface area contributed by atoms with Gasteiger partial charge in [0.1, 0.15) is 0 Å². The second-order valence-electron chi connectivity index (χ2n) is 16.0. The van der Waals surface area contributed by atoms with Gasteiger partial charge in [-0.1, -0.05) is 26.7 Å². The van der Waals surface area contributed by atoms with Crippen LogP contribution in [0.3, 0.4) is 0 Å². The summed E-state index contributed by atoms with van der Waals surface area (Å²) < 4.78 is 44.1. The largest absolute Gasteiger partial charge is 0.500 e. The van der Waals surface area contributed by atoms with Crippen molar-refractivity contribution in [3.63, 3.8) is 0 Å². The quantitative estimate of drug-likeness (QED) is 0.0456. The molecule has 0 atom stereocenters. The summed E-state index contributed by atoms with van der Waals surface area (Å²) in [6, 6.07) is 0.973. The van der Waals surface area contributed by atoms with Crippen molar-refractivity contribution in [2.24, 2.45) is 11.8 Å². The number of hydrogen-bond acceptors (Lipinski definition) is 12. The fraction of sp³-hybridized carbons (Fsp3) is 0.902. The lowest BCUT2D eigenvalue weighted by molar-refractivity contribution is -0.144. The molecular weight excluding hydrogens is 797 g/mol. The third-order valence-corrected chi connectivity index (χ3v) is 17.6. The summed E-state index contributed by atoms with van der Waals surface area (Å²) in [7, 11) is 3.89. The molecule has 0 aromatic rings. The second-order valence-corrected chi connectivity index (χ2v) is 22.2. The third-order valence-electron chi connectivity index (χ3n) is 12.0. The predicted octanol–water partition coefficient (Wildman–Crippen LogP) is 6.52. The monoisotopic (exact) mass is 877 g/mol. The van der Waals surface area contributed by atoms with Crippen molar-refractivity contribution in [1.82, 2.24) is 20.4 Å². The van der Waals surface area contributed by atoms with Gasteiger partial charge in [0.25, 0.3) is 0 Å². The van der Waals surface area contributed by atoms with Gasteiger partial charge in [-0.15, -0.1) is 0 Å². The van der Waals surface area contributed by atoms with Crippen molar-refractivity contribution in [1.29, 1.82) is 0 Å². The van der Waals surface area contributed by atoms with Crippen molar-refractivity contribution >= 4 is 41.6 Å². The Bertz CT molecular complexity index is 1080. The summed E-state index contributed by atoms with van der Waals surface area (Å²) in [5.74, 6) is 0.632. The molecular formula is C41H80N4O12Si2. The first-order chi connectivity index (χ1) is 28.4. The molecule has 0 saturated heterocycles. The summed E-state index contributed by atoms with van der Waals surface area (Å²) in [5.41, 5.74) is 0. The summed E-state index contributed by atoms with van der Waals surface area (Å²) in [6.07, 6.45) is 14.1. The highest BCUT2D eigenvalue weighted by molar-refractivity contribution is 6.60. The Balaban J connectivity index is 1.85. The van der Waals surface area contributed by atoms with Crippen LogP contribution in [0.15, 0.2) is 0 Å². The first-order valence-electron chi connectivity index (χ1n) is 22.2. The number of esters is 2. The number of urea groups is 2. The maximum Gasteiger partial charge on any atom is 0.500 e. The van der Waals surface area contributed by atoms with Crippen LogP contribution in [-0.4, -0.2) is 146 Å². The van der Waals surface area contributed by atoms with Crippen molar-refractivity contribution in [3.8, 4) is 0 Å². The molecule has 0 bridgehead atoms. The van der Waals surface area contributed by atoms with Gasteiger partial charge >= 0.3 is 41.6 Å². The maximum atomic E-state index is 13.6. The Labute approximate surface area is 357 Å². The topological polar surface area (TPSA) is 173 Å². The molecule has 0 aromatic carbocycles. The highest BCUT2D eigenvalue weighted by Gasteiger charge is 2.38. The standard InChI is InChI=1S/C41H80N4O12Si2/c1-9-11-29-56-38(46)23-27-44(25-13-31-58(50-3,51-4)52-5)40(48)42-36-19-15-34(16-20-36)33-35-17-21-37(22-18-35)43-41(49)45(28-24-39(47)57-30-12-10-2)26-14-32-59(53-6,54-7)55-8/h34-37H,9-33H2,1-8H3,(H,42,48)(H,43,49). The molecule has 0 unspecified atom stereocenters. The normalized spacial score (nSPS) is 19.8. The summed E-state index contributed by atoms with van der Waals surface area (Å²) in [4.78, 5) is 55.3. The van der Waals surface area contributed by atoms with E-state index in [1.54, 1.807) is 52.5 Å². The molecule has 0 aromatic heterocycles. The number of nitrogens with one attached hydrogen (secondary N) is 2. The molecule has 2 fully saturated rings. The zero-order valence-corrected chi connectivity index (χ0v) is 39.8.